The fourth-order valence-electron chi connectivity index (χ4n) is 7.77. The van der Waals surface area contributed by atoms with Crippen molar-refractivity contribution in [1.82, 2.24) is 20.6 Å². The van der Waals surface area contributed by atoms with Crippen molar-refractivity contribution in [1.29, 1.82) is 0 Å². The summed E-state index contributed by atoms with van der Waals surface area (Å²) in [5.74, 6) is -0.874. The molecule has 2 aromatic heterocycles. The first-order valence-electron chi connectivity index (χ1n) is 18.7. The van der Waals surface area contributed by atoms with Gasteiger partial charge in [-0.2, -0.15) is 4.98 Å². The molecule has 0 fully saturated rings. The van der Waals surface area contributed by atoms with Crippen molar-refractivity contribution in [3.8, 4) is 28.8 Å². The van der Waals surface area contributed by atoms with Gasteiger partial charge >= 0.3 is 11.9 Å². The van der Waals surface area contributed by atoms with E-state index in [1.807, 2.05) is 12.1 Å². The predicted molar refractivity (Wildman–Crippen MR) is 221 cm³/mol. The monoisotopic (exact) mass is 908 g/mol. The number of nitrogens with one attached hydrogen (secondary N) is 2. The predicted octanol–water partition coefficient (Wildman–Crippen LogP) is 6.35. The number of aliphatic hydroxyl groups is 2. The number of ether oxygens (including phenoxy) is 3. The molecule has 0 aliphatic heterocycles. The number of aliphatic hydroxyl groups excluding tert-OH is 2. The molecule has 6 rings (SSSR count). The fraction of sp³-hybridized carbons (Fsp3) is 0.381. The standard InChI is InChI=1S/C42H46Br2N4O9/c1-22(39-34(43)14-23(40(47-39)55-2)18-45-20-25(49)16-37(51)52)27-10-11-31-28(27)6-4-7-29(31)30-8-5-9-33-32(30)12-13-36(33)57-42-35(44)15-24(41(48-42)56-3)19-46-21-26(50)17-38(53)54/h4-9,14-15,25-27,36,45-46,49-50H,1,10-13,16-21H2,2-3H3,(H,51,52)(H,53,54)/t25-,26-,27+,36-/m0/s1. The molecule has 4 atom stereocenters. The number of hydrogen-bond donors (Lipinski definition) is 6. The Hall–Kier alpha value is -4.38. The Morgan fingerprint density at radius 1 is 0.789 bits per heavy atom. The lowest BCUT2D eigenvalue weighted by atomic mass is 9.88. The third kappa shape index (κ3) is 9.85. The Bertz CT molecular complexity index is 2150. The summed E-state index contributed by atoms with van der Waals surface area (Å²) in [5.41, 5.74) is 10.3. The summed E-state index contributed by atoms with van der Waals surface area (Å²) in [4.78, 5) is 31.3. The summed E-state index contributed by atoms with van der Waals surface area (Å²) in [6.07, 6.45) is 0.444. The molecule has 0 unspecified atom stereocenters. The number of carbonyl (C=O) groups is 2. The van der Waals surface area contributed by atoms with Crippen LogP contribution in [0.4, 0.5) is 0 Å². The number of rotatable bonds is 19. The number of benzene rings is 2. The third-order valence-electron chi connectivity index (χ3n) is 10.4. The molecule has 0 bridgehead atoms. The number of methoxy groups -OCH3 is 2. The number of aliphatic carboxylic acids is 2. The van der Waals surface area contributed by atoms with Gasteiger partial charge in [0.15, 0.2) is 0 Å². The second kappa shape index (κ2) is 18.9. The SMILES string of the molecule is C=C(c1nc(OC)c(CNC[C@@H](O)CC(=O)O)cc1Br)[C@H]1CCc2c(-c3cccc4c3CC[C@@H]4Oc3nc(OC)c(CNC[C@@H](O)CC(=O)O)cc3Br)cccc21. The first-order chi connectivity index (χ1) is 27.4. The van der Waals surface area contributed by atoms with E-state index >= 15 is 0 Å². The average Bonchev–Trinajstić information content (AvgIpc) is 3.79. The summed E-state index contributed by atoms with van der Waals surface area (Å²) >= 11 is 7.34. The van der Waals surface area contributed by atoms with Crippen molar-refractivity contribution in [2.24, 2.45) is 0 Å². The van der Waals surface area contributed by atoms with Gasteiger partial charge in [0, 0.05) is 47.7 Å². The third-order valence-corrected chi connectivity index (χ3v) is 11.5. The summed E-state index contributed by atoms with van der Waals surface area (Å²) in [6.45, 7) is 5.40. The Kier molecular flexibility index (Phi) is 14.0. The van der Waals surface area contributed by atoms with Crippen LogP contribution in [0.15, 0.2) is 64.1 Å². The molecule has 302 valence electrons. The lowest BCUT2D eigenvalue weighted by Crippen LogP contribution is -2.28. The van der Waals surface area contributed by atoms with Crippen molar-refractivity contribution < 1.29 is 44.2 Å². The molecule has 2 heterocycles. The van der Waals surface area contributed by atoms with Crippen LogP contribution in [0.3, 0.4) is 0 Å². The smallest absolute Gasteiger partial charge is 0.306 e. The van der Waals surface area contributed by atoms with Crippen LogP contribution >= 0.6 is 31.9 Å². The summed E-state index contributed by atoms with van der Waals surface area (Å²) in [6, 6.07) is 16.6. The van der Waals surface area contributed by atoms with Crippen molar-refractivity contribution in [2.75, 3.05) is 27.3 Å². The molecular weight excluding hydrogens is 864 g/mol. The molecule has 0 amide bonds. The molecular formula is C42H46Br2N4O9. The highest BCUT2D eigenvalue weighted by molar-refractivity contribution is 9.10. The van der Waals surface area contributed by atoms with Crippen molar-refractivity contribution in [2.45, 2.75) is 75.8 Å². The van der Waals surface area contributed by atoms with Crippen LogP contribution in [0.1, 0.15) is 76.8 Å². The topological polar surface area (TPSA) is 193 Å². The number of pyridine rings is 2. The molecule has 0 radical (unpaired) electrons. The van der Waals surface area contributed by atoms with Gasteiger partial charge in [0.25, 0.3) is 0 Å². The Labute approximate surface area is 347 Å². The number of halogens is 2. The first kappa shape index (κ1) is 42.2. The molecule has 0 spiro atoms. The van der Waals surface area contributed by atoms with Crippen LogP contribution in [-0.2, 0) is 35.5 Å². The van der Waals surface area contributed by atoms with Crippen LogP contribution in [-0.4, -0.2) is 81.8 Å². The lowest BCUT2D eigenvalue weighted by Gasteiger charge is -2.20. The van der Waals surface area contributed by atoms with Gasteiger partial charge in [-0.15, -0.1) is 0 Å². The van der Waals surface area contributed by atoms with Gasteiger partial charge in [0.2, 0.25) is 17.6 Å². The molecule has 15 heteroatoms. The number of hydrogen-bond acceptors (Lipinski definition) is 11. The zero-order valence-corrected chi connectivity index (χ0v) is 34.9. The van der Waals surface area contributed by atoms with Crippen molar-refractivity contribution in [3.63, 3.8) is 0 Å². The number of carboxylic acids is 2. The molecule has 0 saturated heterocycles. The van der Waals surface area contributed by atoms with Crippen molar-refractivity contribution in [3.05, 3.63) is 103 Å². The highest BCUT2D eigenvalue weighted by atomic mass is 79.9. The zero-order chi connectivity index (χ0) is 40.8. The van der Waals surface area contributed by atoms with E-state index in [4.69, 9.17) is 29.4 Å². The van der Waals surface area contributed by atoms with Gasteiger partial charge in [-0.3, -0.25) is 9.59 Å². The van der Waals surface area contributed by atoms with E-state index in [0.717, 1.165) is 52.4 Å². The minimum Gasteiger partial charge on any atom is -0.481 e. The normalized spacial score (nSPS) is 16.7. The molecule has 2 aliphatic carbocycles. The second-order valence-electron chi connectivity index (χ2n) is 14.2. The maximum atomic E-state index is 10.9. The number of carboxylic acid groups (broad SMARTS) is 2. The Morgan fingerprint density at radius 3 is 1.89 bits per heavy atom. The summed E-state index contributed by atoms with van der Waals surface area (Å²) < 4.78 is 19.2. The molecule has 13 nitrogen and oxygen atoms in total. The maximum Gasteiger partial charge on any atom is 0.306 e. The first-order valence-corrected chi connectivity index (χ1v) is 20.2. The van der Waals surface area contributed by atoms with Crippen LogP contribution in [0.25, 0.3) is 16.7 Å². The molecule has 6 N–H and O–H groups in total. The van der Waals surface area contributed by atoms with Gasteiger partial charge in [-0.1, -0.05) is 43.0 Å². The van der Waals surface area contributed by atoms with Crippen molar-refractivity contribution >= 4 is 49.4 Å². The van der Waals surface area contributed by atoms with Gasteiger partial charge in [-0.05, 0) is 109 Å². The number of fused-ring (bicyclic) bond motifs is 2. The van der Waals surface area contributed by atoms with Crippen LogP contribution < -0.4 is 24.8 Å². The molecule has 2 aliphatic rings. The van der Waals surface area contributed by atoms with Crippen LogP contribution in [0.2, 0.25) is 0 Å². The average molecular weight is 911 g/mol. The van der Waals surface area contributed by atoms with E-state index in [9.17, 15) is 19.8 Å². The number of aromatic nitrogens is 2. The van der Waals surface area contributed by atoms with E-state index in [1.165, 1.54) is 34.9 Å². The Morgan fingerprint density at radius 2 is 1.32 bits per heavy atom. The molecule has 4 aromatic rings. The lowest BCUT2D eigenvalue weighted by molar-refractivity contribution is -0.140. The highest BCUT2D eigenvalue weighted by Gasteiger charge is 2.33. The zero-order valence-electron chi connectivity index (χ0n) is 31.7. The van der Waals surface area contributed by atoms with E-state index in [-0.39, 0.29) is 38.0 Å². The highest BCUT2D eigenvalue weighted by Crippen LogP contribution is 2.48. The largest absolute Gasteiger partial charge is 0.481 e. The van der Waals surface area contributed by atoms with E-state index in [1.54, 1.807) is 7.11 Å². The van der Waals surface area contributed by atoms with E-state index < -0.39 is 24.1 Å². The maximum absolute atomic E-state index is 10.9. The van der Waals surface area contributed by atoms with Gasteiger partial charge in [0.05, 0.1) is 49.4 Å². The Balaban J connectivity index is 1.18. The van der Waals surface area contributed by atoms with E-state index in [0.29, 0.717) is 40.9 Å². The number of allylic oxidation sites excluding steroid dienone is 1. The van der Waals surface area contributed by atoms with Gasteiger partial charge in [-0.25, -0.2) is 4.98 Å². The second-order valence-corrected chi connectivity index (χ2v) is 15.9. The minimum atomic E-state index is -1.06. The molecule has 0 saturated carbocycles. The molecule has 57 heavy (non-hydrogen) atoms. The quantitative estimate of drug-likeness (QED) is 0.0611. The van der Waals surface area contributed by atoms with Crippen LogP contribution in [0, 0.1) is 0 Å². The van der Waals surface area contributed by atoms with Crippen LogP contribution in [0.5, 0.6) is 17.6 Å². The summed E-state index contributed by atoms with van der Waals surface area (Å²) in [5, 5.41) is 43.8. The minimum absolute atomic E-state index is 0.0443. The number of nitrogens with zero attached hydrogens (tertiary/aromatic N) is 2. The van der Waals surface area contributed by atoms with E-state index in [2.05, 4.69) is 90.5 Å². The fourth-order valence-corrected chi connectivity index (χ4v) is 8.85. The summed E-state index contributed by atoms with van der Waals surface area (Å²) in [7, 11) is 3.09. The van der Waals surface area contributed by atoms with Gasteiger partial charge < -0.3 is 45.3 Å². The molecule has 2 aromatic carbocycles. The van der Waals surface area contributed by atoms with Gasteiger partial charge in [0.1, 0.15) is 6.10 Å².